The molecule has 2 aromatic heterocycles. The molecule has 0 radical (unpaired) electrons. The molecule has 1 aliphatic rings. The van der Waals surface area contributed by atoms with Gasteiger partial charge in [0.15, 0.2) is 0 Å². The summed E-state index contributed by atoms with van der Waals surface area (Å²) >= 11 is 1.30. The van der Waals surface area contributed by atoms with E-state index in [1.807, 2.05) is 36.4 Å². The summed E-state index contributed by atoms with van der Waals surface area (Å²) in [7, 11) is -3.53. The van der Waals surface area contributed by atoms with Crippen LogP contribution >= 0.6 is 11.3 Å². The number of benzene rings is 1. The molecule has 0 saturated carbocycles. The summed E-state index contributed by atoms with van der Waals surface area (Å²) in [4.78, 5) is 6.73. The van der Waals surface area contributed by atoms with Crippen LogP contribution in [0.2, 0.25) is 0 Å². The van der Waals surface area contributed by atoms with Gasteiger partial charge in [-0.15, -0.1) is 11.3 Å². The molecule has 142 valence electrons. The van der Waals surface area contributed by atoms with Gasteiger partial charge in [0.2, 0.25) is 10.0 Å². The van der Waals surface area contributed by atoms with E-state index in [9.17, 15) is 8.42 Å². The van der Waals surface area contributed by atoms with E-state index in [1.165, 1.54) is 11.3 Å². The first-order chi connectivity index (χ1) is 13.1. The van der Waals surface area contributed by atoms with E-state index in [4.69, 9.17) is 0 Å². The smallest absolute Gasteiger partial charge is 0.250 e. The second kappa shape index (κ2) is 7.93. The Hall–Kier alpha value is -2.00. The fraction of sp³-hybridized carbons (Fsp3) is 0.316. The molecule has 8 heteroatoms. The molecule has 1 fully saturated rings. The minimum atomic E-state index is -3.53. The Labute approximate surface area is 163 Å². The van der Waals surface area contributed by atoms with Crippen molar-refractivity contribution in [1.82, 2.24) is 15.0 Å². The molecule has 0 unspecified atom stereocenters. The Morgan fingerprint density at radius 3 is 2.70 bits per heavy atom. The van der Waals surface area contributed by atoms with Crippen molar-refractivity contribution in [2.24, 2.45) is 0 Å². The van der Waals surface area contributed by atoms with Crippen molar-refractivity contribution in [3.63, 3.8) is 0 Å². The molecule has 0 spiro atoms. The lowest BCUT2D eigenvalue weighted by molar-refractivity contribution is 0.583. The first kappa shape index (κ1) is 18.4. The third-order valence-corrected chi connectivity index (χ3v) is 7.67. The molecule has 27 heavy (non-hydrogen) atoms. The van der Waals surface area contributed by atoms with Gasteiger partial charge < -0.3 is 10.2 Å². The fourth-order valence-corrected chi connectivity index (χ4v) is 5.69. The van der Waals surface area contributed by atoms with Gasteiger partial charge in [-0.3, -0.25) is 0 Å². The van der Waals surface area contributed by atoms with Crippen molar-refractivity contribution in [1.29, 1.82) is 0 Å². The maximum atomic E-state index is 12.7. The molecule has 4 rings (SSSR count). The zero-order valence-corrected chi connectivity index (χ0v) is 16.5. The average molecular weight is 403 g/mol. The maximum absolute atomic E-state index is 12.7. The summed E-state index contributed by atoms with van der Waals surface area (Å²) in [6.07, 6.45) is 2.42. The number of hydrogen-bond acceptors (Lipinski definition) is 6. The third-order valence-electron chi connectivity index (χ3n) is 4.63. The molecule has 0 aliphatic carbocycles. The predicted octanol–water partition coefficient (Wildman–Crippen LogP) is 2.23. The summed E-state index contributed by atoms with van der Waals surface area (Å²) in [6.45, 7) is 3.95. The molecular formula is C19H22N4O2S2. The number of pyridine rings is 1. The highest BCUT2D eigenvalue weighted by Crippen LogP contribution is 2.34. The number of aromatic nitrogens is 1. The molecule has 3 heterocycles. The minimum absolute atomic E-state index is 0.343. The lowest BCUT2D eigenvalue weighted by atomic mass is 10.2. The van der Waals surface area contributed by atoms with Crippen LogP contribution in [0.5, 0.6) is 0 Å². The van der Waals surface area contributed by atoms with Gasteiger partial charge >= 0.3 is 0 Å². The number of nitrogens with one attached hydrogen (secondary N) is 2. The second-order valence-corrected chi connectivity index (χ2v) is 9.56. The molecule has 2 N–H and O–H groups in total. The molecule has 6 nitrogen and oxygen atoms in total. The minimum Gasteiger partial charge on any atom is -0.354 e. The van der Waals surface area contributed by atoms with Crippen molar-refractivity contribution in [3.8, 4) is 0 Å². The molecular weight excluding hydrogens is 380 g/mol. The quantitative estimate of drug-likeness (QED) is 0.661. The number of anilines is 1. The molecule has 3 aromatic rings. The van der Waals surface area contributed by atoms with Gasteiger partial charge in [-0.05, 0) is 24.1 Å². The van der Waals surface area contributed by atoms with Gasteiger partial charge in [-0.1, -0.05) is 30.3 Å². The standard InChI is InChI=1S/C19H22N4O2S2/c24-27(25,22-9-6-15-4-2-1-3-5-15)18-14-16-17(26-18)7-8-21-19(16)23-12-10-20-11-13-23/h1-5,7-8,14,20,22H,6,9-13H2. The Morgan fingerprint density at radius 1 is 1.15 bits per heavy atom. The topological polar surface area (TPSA) is 74.3 Å². The van der Waals surface area contributed by atoms with Crippen molar-refractivity contribution < 1.29 is 8.42 Å². The van der Waals surface area contributed by atoms with Crippen LogP contribution in [0.1, 0.15) is 5.56 Å². The summed E-state index contributed by atoms with van der Waals surface area (Å²) < 4.78 is 29.5. The number of fused-ring (bicyclic) bond motifs is 1. The number of hydrogen-bond donors (Lipinski definition) is 2. The predicted molar refractivity (Wildman–Crippen MR) is 110 cm³/mol. The zero-order valence-electron chi connectivity index (χ0n) is 14.9. The van der Waals surface area contributed by atoms with Crippen LogP contribution in [-0.4, -0.2) is 46.1 Å². The first-order valence-electron chi connectivity index (χ1n) is 9.01. The monoisotopic (exact) mass is 402 g/mol. The largest absolute Gasteiger partial charge is 0.354 e. The highest BCUT2D eigenvalue weighted by atomic mass is 32.2. The van der Waals surface area contributed by atoms with Gasteiger partial charge in [-0.2, -0.15) is 0 Å². The fourth-order valence-electron chi connectivity index (χ4n) is 3.23. The third kappa shape index (κ3) is 4.14. The number of nitrogens with zero attached hydrogens (tertiary/aromatic N) is 2. The van der Waals surface area contributed by atoms with Crippen LogP contribution in [0.25, 0.3) is 10.1 Å². The Balaban J connectivity index is 1.54. The number of thiophene rings is 1. The summed E-state index contributed by atoms with van der Waals surface area (Å²) in [5.74, 6) is 0.871. The van der Waals surface area contributed by atoms with E-state index in [0.29, 0.717) is 17.2 Å². The molecule has 0 atom stereocenters. The summed E-state index contributed by atoms with van der Waals surface area (Å²) in [6, 6.07) is 13.5. The zero-order chi connectivity index (χ0) is 18.7. The Bertz CT molecular complexity index is 1010. The van der Waals surface area contributed by atoms with Gasteiger partial charge in [0, 0.05) is 49.0 Å². The Kier molecular flexibility index (Phi) is 5.40. The van der Waals surface area contributed by atoms with Crippen LogP contribution in [0, 0.1) is 0 Å². The van der Waals surface area contributed by atoms with Gasteiger partial charge in [0.1, 0.15) is 10.0 Å². The van der Waals surface area contributed by atoms with Gasteiger partial charge in [0.05, 0.1) is 0 Å². The molecule has 0 amide bonds. The lowest BCUT2D eigenvalue weighted by Crippen LogP contribution is -2.43. The van der Waals surface area contributed by atoms with Gasteiger partial charge in [0.25, 0.3) is 0 Å². The van der Waals surface area contributed by atoms with Crippen molar-refractivity contribution in [2.75, 3.05) is 37.6 Å². The molecule has 1 aliphatic heterocycles. The lowest BCUT2D eigenvalue weighted by Gasteiger charge is -2.28. The Morgan fingerprint density at radius 2 is 1.93 bits per heavy atom. The van der Waals surface area contributed by atoms with E-state index in [-0.39, 0.29) is 0 Å². The summed E-state index contributed by atoms with van der Waals surface area (Å²) in [5.41, 5.74) is 1.11. The first-order valence-corrected chi connectivity index (χ1v) is 11.3. The normalized spacial score (nSPS) is 15.3. The average Bonchev–Trinajstić information content (AvgIpc) is 3.15. The molecule has 1 aromatic carbocycles. The summed E-state index contributed by atoms with van der Waals surface area (Å²) in [5, 5.41) is 4.24. The second-order valence-electron chi connectivity index (χ2n) is 6.48. The van der Waals surface area contributed by atoms with Crippen LogP contribution in [0.15, 0.2) is 52.9 Å². The number of piperazine rings is 1. The number of rotatable bonds is 6. The van der Waals surface area contributed by atoms with E-state index < -0.39 is 10.0 Å². The van der Waals surface area contributed by atoms with Crippen molar-refractivity contribution >= 4 is 37.3 Å². The van der Waals surface area contributed by atoms with Crippen LogP contribution < -0.4 is 14.9 Å². The molecule has 1 saturated heterocycles. The van der Waals surface area contributed by atoms with Crippen LogP contribution in [0.3, 0.4) is 0 Å². The highest BCUT2D eigenvalue weighted by Gasteiger charge is 2.21. The van der Waals surface area contributed by atoms with E-state index in [2.05, 4.69) is 19.9 Å². The highest BCUT2D eigenvalue weighted by molar-refractivity contribution is 7.91. The molecule has 0 bridgehead atoms. The number of sulfonamides is 1. The van der Waals surface area contributed by atoms with E-state index >= 15 is 0 Å². The van der Waals surface area contributed by atoms with Crippen LogP contribution in [0.4, 0.5) is 5.82 Å². The van der Waals surface area contributed by atoms with E-state index in [1.54, 1.807) is 12.3 Å². The van der Waals surface area contributed by atoms with Gasteiger partial charge in [-0.25, -0.2) is 18.1 Å². The van der Waals surface area contributed by atoms with Crippen molar-refractivity contribution in [3.05, 3.63) is 54.2 Å². The maximum Gasteiger partial charge on any atom is 0.250 e. The van der Waals surface area contributed by atoms with E-state index in [0.717, 1.165) is 47.6 Å². The SMILES string of the molecule is O=S(=O)(NCCc1ccccc1)c1cc2c(N3CCNCC3)nccc2s1. The van der Waals surface area contributed by atoms with Crippen molar-refractivity contribution in [2.45, 2.75) is 10.6 Å². The van der Waals surface area contributed by atoms with Crippen LogP contribution in [-0.2, 0) is 16.4 Å².